The highest BCUT2D eigenvalue weighted by atomic mass is 16.5. The lowest BCUT2D eigenvalue weighted by atomic mass is 10.0. The normalized spacial score (nSPS) is 12.6. The van der Waals surface area contributed by atoms with Crippen LogP contribution in [0.15, 0.2) is 12.2 Å². The fraction of sp³-hybridized carbons (Fsp3) is 0.933. The molecule has 1 amide bonds. The van der Waals surface area contributed by atoms with Gasteiger partial charge in [0.2, 0.25) is 5.91 Å². The molecule has 0 aromatic carbocycles. The lowest BCUT2D eigenvalue weighted by molar-refractivity contribution is -0.143. The third-order valence-electron chi connectivity index (χ3n) is 14.1. The molecule has 0 aliphatic carbocycles. The Balaban J connectivity index is 3.47. The van der Waals surface area contributed by atoms with Gasteiger partial charge in [-0.2, -0.15) is 0 Å². The third-order valence-corrected chi connectivity index (χ3v) is 14.1. The Morgan fingerprint density at radius 3 is 1.09 bits per heavy atom. The fourth-order valence-electron chi connectivity index (χ4n) is 9.46. The van der Waals surface area contributed by atoms with E-state index in [2.05, 4.69) is 31.3 Å². The summed E-state index contributed by atoms with van der Waals surface area (Å²) in [6.07, 6.45) is 66.3. The van der Waals surface area contributed by atoms with E-state index in [9.17, 15) is 19.8 Å². The minimum absolute atomic E-state index is 0.00812. The highest BCUT2D eigenvalue weighted by Crippen LogP contribution is 2.18. The molecule has 0 saturated carbocycles. The first-order chi connectivity index (χ1) is 32.5. The van der Waals surface area contributed by atoms with Gasteiger partial charge in [-0.1, -0.05) is 283 Å². The summed E-state index contributed by atoms with van der Waals surface area (Å²) in [5, 5.41) is 23.3. The van der Waals surface area contributed by atoms with E-state index < -0.39 is 12.1 Å². The summed E-state index contributed by atoms with van der Waals surface area (Å²) in [4.78, 5) is 24.6. The molecule has 0 fully saturated rings. The second-order valence-corrected chi connectivity index (χ2v) is 20.7. The number of aliphatic hydroxyl groups excluding tert-OH is 2. The zero-order valence-corrected chi connectivity index (χ0v) is 44.7. The number of allylic oxidation sites excluding steroid dienone is 2. The number of rotatable bonds is 56. The maximum absolute atomic E-state index is 12.5. The molecule has 66 heavy (non-hydrogen) atoms. The van der Waals surface area contributed by atoms with Gasteiger partial charge < -0.3 is 20.3 Å². The highest BCUT2D eigenvalue weighted by Gasteiger charge is 2.20. The minimum atomic E-state index is -0.681. The Hall–Kier alpha value is -1.40. The predicted octanol–water partition coefficient (Wildman–Crippen LogP) is 18.5. The third kappa shape index (κ3) is 52.0. The van der Waals surface area contributed by atoms with Crippen molar-refractivity contribution < 1.29 is 24.5 Å². The summed E-state index contributed by atoms with van der Waals surface area (Å²) in [5.74, 6) is -0.0693. The second-order valence-electron chi connectivity index (χ2n) is 20.7. The Kier molecular flexibility index (Phi) is 55.0. The molecule has 6 nitrogen and oxygen atoms in total. The van der Waals surface area contributed by atoms with E-state index in [0.717, 1.165) is 70.6 Å². The first kappa shape index (κ1) is 64.6. The number of ether oxygens (including phenoxy) is 1. The van der Waals surface area contributed by atoms with Crippen LogP contribution in [0.25, 0.3) is 0 Å². The van der Waals surface area contributed by atoms with Crippen molar-refractivity contribution in [1.82, 2.24) is 5.32 Å². The van der Waals surface area contributed by atoms with Crippen molar-refractivity contribution in [3.8, 4) is 0 Å². The van der Waals surface area contributed by atoms with Crippen LogP contribution in [-0.2, 0) is 14.3 Å². The second kappa shape index (κ2) is 56.2. The standard InChI is InChI=1S/C60H117NO5/c1-3-5-7-9-11-13-15-17-19-21-22-23-24-25-28-32-36-40-44-48-52-58(63)57(56-62)61-59(64)53-49-45-41-37-33-29-27-31-35-39-43-47-51-55-66-60(65)54-50-46-42-38-34-30-26-20-18-16-14-12-10-8-6-4-2/h29,33,57-58,62-63H,3-28,30-32,34-56H2,1-2H3,(H,61,64)/b33-29-. The summed E-state index contributed by atoms with van der Waals surface area (Å²) in [7, 11) is 0. The van der Waals surface area contributed by atoms with Crippen LogP contribution in [0.2, 0.25) is 0 Å². The minimum Gasteiger partial charge on any atom is -0.466 e. The lowest BCUT2D eigenvalue weighted by Crippen LogP contribution is -2.45. The number of carbonyl (C=O) groups excluding carboxylic acids is 2. The van der Waals surface area contributed by atoms with Gasteiger partial charge in [0.15, 0.2) is 0 Å². The van der Waals surface area contributed by atoms with Crippen molar-refractivity contribution in [3.05, 3.63) is 12.2 Å². The van der Waals surface area contributed by atoms with Gasteiger partial charge in [0.1, 0.15) is 0 Å². The highest BCUT2D eigenvalue weighted by molar-refractivity contribution is 5.76. The van der Waals surface area contributed by atoms with Crippen LogP contribution in [-0.4, -0.2) is 47.4 Å². The topological polar surface area (TPSA) is 95.9 Å². The quantitative estimate of drug-likeness (QED) is 0.0321. The van der Waals surface area contributed by atoms with Crippen LogP contribution in [0.3, 0.4) is 0 Å². The molecule has 0 radical (unpaired) electrons. The average Bonchev–Trinajstić information content (AvgIpc) is 3.32. The zero-order valence-electron chi connectivity index (χ0n) is 44.7. The SMILES string of the molecule is CCCCCCCCCCCCCCCCCCCCCCC(O)C(CO)NC(=O)CCCCC/C=C\CCCCCCCCOC(=O)CCCCCCCCCCCCCCCCCC. The molecule has 0 rings (SSSR count). The molecule has 0 aromatic rings. The van der Waals surface area contributed by atoms with Gasteiger partial charge in [0.25, 0.3) is 0 Å². The van der Waals surface area contributed by atoms with Gasteiger partial charge in [0.05, 0.1) is 25.4 Å². The molecule has 0 bridgehead atoms. The fourth-order valence-corrected chi connectivity index (χ4v) is 9.46. The van der Waals surface area contributed by atoms with Gasteiger partial charge in [-0.15, -0.1) is 0 Å². The van der Waals surface area contributed by atoms with E-state index in [-0.39, 0.29) is 18.5 Å². The molecule has 0 aliphatic heterocycles. The number of unbranched alkanes of at least 4 members (excludes halogenated alkanes) is 43. The smallest absolute Gasteiger partial charge is 0.305 e. The lowest BCUT2D eigenvalue weighted by Gasteiger charge is -2.22. The summed E-state index contributed by atoms with van der Waals surface area (Å²) in [5.41, 5.74) is 0. The molecule has 0 spiro atoms. The van der Waals surface area contributed by atoms with Crippen molar-refractivity contribution in [2.45, 2.75) is 347 Å². The number of aliphatic hydroxyl groups is 2. The monoisotopic (exact) mass is 932 g/mol. The van der Waals surface area contributed by atoms with Gasteiger partial charge in [0, 0.05) is 12.8 Å². The van der Waals surface area contributed by atoms with E-state index in [0.29, 0.717) is 25.9 Å². The number of carbonyl (C=O) groups is 2. The maximum atomic E-state index is 12.5. The van der Waals surface area contributed by atoms with Gasteiger partial charge >= 0.3 is 5.97 Å². The molecule has 2 unspecified atom stereocenters. The Labute approximate surface area is 412 Å². The first-order valence-corrected chi connectivity index (χ1v) is 29.9. The number of hydrogen-bond donors (Lipinski definition) is 3. The molecule has 0 heterocycles. The van der Waals surface area contributed by atoms with Gasteiger partial charge in [-0.05, 0) is 51.4 Å². The molecule has 2 atom stereocenters. The maximum Gasteiger partial charge on any atom is 0.305 e. The Morgan fingerprint density at radius 1 is 0.409 bits per heavy atom. The van der Waals surface area contributed by atoms with Gasteiger partial charge in [-0.25, -0.2) is 0 Å². The van der Waals surface area contributed by atoms with Crippen molar-refractivity contribution >= 4 is 11.9 Å². The van der Waals surface area contributed by atoms with Crippen LogP contribution >= 0.6 is 0 Å². The van der Waals surface area contributed by atoms with E-state index in [4.69, 9.17) is 4.74 Å². The largest absolute Gasteiger partial charge is 0.466 e. The molecule has 6 heteroatoms. The van der Waals surface area contributed by atoms with Crippen molar-refractivity contribution in [3.63, 3.8) is 0 Å². The Morgan fingerprint density at radius 2 is 0.712 bits per heavy atom. The molecule has 0 aromatic heterocycles. The molecule has 392 valence electrons. The van der Waals surface area contributed by atoms with E-state index in [1.165, 1.54) is 231 Å². The van der Waals surface area contributed by atoms with Crippen molar-refractivity contribution in [2.24, 2.45) is 0 Å². The zero-order chi connectivity index (χ0) is 47.9. The van der Waals surface area contributed by atoms with E-state index in [1.54, 1.807) is 0 Å². The predicted molar refractivity (Wildman–Crippen MR) is 287 cm³/mol. The molecule has 0 saturated heterocycles. The van der Waals surface area contributed by atoms with E-state index in [1.807, 2.05) is 0 Å². The number of nitrogens with one attached hydrogen (secondary N) is 1. The van der Waals surface area contributed by atoms with E-state index >= 15 is 0 Å². The van der Waals surface area contributed by atoms with Crippen LogP contribution in [0.1, 0.15) is 335 Å². The Bertz CT molecular complexity index is 986. The van der Waals surface area contributed by atoms with Crippen LogP contribution in [0.4, 0.5) is 0 Å². The average molecular weight is 933 g/mol. The molecule has 0 aliphatic rings. The van der Waals surface area contributed by atoms with Crippen molar-refractivity contribution in [2.75, 3.05) is 13.2 Å². The van der Waals surface area contributed by atoms with Crippen LogP contribution in [0.5, 0.6) is 0 Å². The molecular weight excluding hydrogens is 815 g/mol. The number of hydrogen-bond acceptors (Lipinski definition) is 5. The molecular formula is C60H117NO5. The van der Waals surface area contributed by atoms with Crippen LogP contribution < -0.4 is 5.32 Å². The van der Waals surface area contributed by atoms with Crippen LogP contribution in [0, 0.1) is 0 Å². The number of amides is 1. The van der Waals surface area contributed by atoms with Crippen molar-refractivity contribution in [1.29, 1.82) is 0 Å². The summed E-state index contributed by atoms with van der Waals surface area (Å²) in [6.45, 7) is 4.94. The number of esters is 1. The summed E-state index contributed by atoms with van der Waals surface area (Å²) in [6, 6.07) is -0.561. The summed E-state index contributed by atoms with van der Waals surface area (Å²) >= 11 is 0. The molecule has 3 N–H and O–H groups in total. The summed E-state index contributed by atoms with van der Waals surface area (Å²) < 4.78 is 5.47. The first-order valence-electron chi connectivity index (χ1n) is 29.9. The van der Waals surface area contributed by atoms with Gasteiger partial charge in [-0.3, -0.25) is 9.59 Å².